The van der Waals surface area contributed by atoms with E-state index in [1.54, 1.807) is 0 Å². The number of nitrogens with two attached hydrogens (primary N) is 1. The maximum absolute atomic E-state index is 11.5. The quantitative estimate of drug-likeness (QED) is 0.789. The Morgan fingerprint density at radius 3 is 2.38 bits per heavy atom. The van der Waals surface area contributed by atoms with Crippen LogP contribution in [0.2, 0.25) is 5.28 Å². The molecule has 1 rings (SSSR count). The van der Waals surface area contributed by atoms with Gasteiger partial charge in [0, 0.05) is 12.3 Å². The predicted octanol–water partition coefficient (Wildman–Crippen LogP) is 0.936. The molecule has 0 radical (unpaired) electrons. The Labute approximate surface area is 99.1 Å². The van der Waals surface area contributed by atoms with Gasteiger partial charge in [-0.15, -0.1) is 0 Å². The van der Waals surface area contributed by atoms with Gasteiger partial charge in [0.1, 0.15) is 5.82 Å². The fraction of sp³-hybridized carbons (Fsp3) is 0.500. The number of rotatable bonds is 3. The van der Waals surface area contributed by atoms with Crippen LogP contribution in [0, 0.1) is 0 Å². The summed E-state index contributed by atoms with van der Waals surface area (Å²) in [6.07, 6.45) is 1.04. The zero-order valence-electron chi connectivity index (χ0n) is 9.15. The molecule has 0 aliphatic heterocycles. The molecule has 3 N–H and O–H groups in total. The van der Waals surface area contributed by atoms with Gasteiger partial charge in [0.25, 0.3) is 0 Å². The van der Waals surface area contributed by atoms with Crippen molar-refractivity contribution in [3.05, 3.63) is 5.28 Å². The van der Waals surface area contributed by atoms with Gasteiger partial charge in [-0.1, -0.05) is 0 Å². The number of anilines is 2. The molecule has 0 bridgehead atoms. The molecule has 0 aliphatic carbocycles. The lowest BCUT2D eigenvalue weighted by Gasteiger charge is -2.13. The van der Waals surface area contributed by atoms with E-state index in [1.807, 2.05) is 13.8 Å². The van der Waals surface area contributed by atoms with Crippen molar-refractivity contribution in [3.63, 3.8) is 0 Å². The van der Waals surface area contributed by atoms with Crippen LogP contribution in [-0.2, 0) is 9.84 Å². The number of aromatic nitrogens is 2. The number of nitrogens with zero attached hydrogens (tertiary/aromatic N) is 2. The predicted molar refractivity (Wildman–Crippen MR) is 63.3 cm³/mol. The van der Waals surface area contributed by atoms with Gasteiger partial charge in [0.05, 0.1) is 0 Å². The number of nitrogens with one attached hydrogen (secondary N) is 1. The molecule has 8 heteroatoms. The second-order valence-corrected chi connectivity index (χ2v) is 5.92. The normalized spacial score (nSPS) is 11.8. The number of sulfone groups is 1. The molecule has 90 valence electrons. The smallest absolute Gasteiger partial charge is 0.226 e. The van der Waals surface area contributed by atoms with Gasteiger partial charge in [-0.05, 0) is 25.4 Å². The Morgan fingerprint density at radius 2 is 1.94 bits per heavy atom. The minimum absolute atomic E-state index is 0.00543. The van der Waals surface area contributed by atoms with Gasteiger partial charge < -0.3 is 11.1 Å². The molecule has 0 amide bonds. The molecule has 16 heavy (non-hydrogen) atoms. The minimum atomic E-state index is -3.50. The SMILES string of the molecule is CC(C)Nc1nc(Cl)nc(N)c1S(C)(=O)=O. The van der Waals surface area contributed by atoms with E-state index in [2.05, 4.69) is 15.3 Å². The highest BCUT2D eigenvalue weighted by molar-refractivity contribution is 7.91. The molecule has 1 aromatic heterocycles. The second kappa shape index (κ2) is 4.42. The van der Waals surface area contributed by atoms with E-state index < -0.39 is 9.84 Å². The van der Waals surface area contributed by atoms with E-state index >= 15 is 0 Å². The Bertz CT molecular complexity index is 501. The largest absolute Gasteiger partial charge is 0.382 e. The Morgan fingerprint density at radius 1 is 1.38 bits per heavy atom. The molecule has 1 heterocycles. The van der Waals surface area contributed by atoms with Crippen LogP contribution in [0.25, 0.3) is 0 Å². The zero-order valence-corrected chi connectivity index (χ0v) is 10.7. The average Bonchev–Trinajstić information content (AvgIpc) is 1.96. The summed E-state index contributed by atoms with van der Waals surface area (Å²) in [5.74, 6) is -0.0133. The summed E-state index contributed by atoms with van der Waals surface area (Å²) in [6, 6.07) is 0.00543. The standard InChI is InChI=1S/C8H13ClN4O2S/c1-4(2)11-7-5(16(3,14)15)6(10)12-8(9)13-7/h4H,1-3H3,(H3,10,11,12,13). The lowest BCUT2D eigenvalue weighted by atomic mass is 10.4. The summed E-state index contributed by atoms with van der Waals surface area (Å²) in [5.41, 5.74) is 5.53. The van der Waals surface area contributed by atoms with Gasteiger partial charge >= 0.3 is 0 Å². The Hall–Kier alpha value is -1.08. The monoisotopic (exact) mass is 264 g/mol. The first-order valence-corrected chi connectivity index (χ1v) is 6.78. The molecule has 0 aliphatic rings. The highest BCUT2D eigenvalue weighted by atomic mass is 35.5. The van der Waals surface area contributed by atoms with Crippen LogP contribution in [0.1, 0.15) is 13.8 Å². The first-order chi connectivity index (χ1) is 7.21. The van der Waals surface area contributed by atoms with Gasteiger partial charge in [-0.3, -0.25) is 0 Å². The van der Waals surface area contributed by atoms with Crippen LogP contribution >= 0.6 is 11.6 Å². The lowest BCUT2D eigenvalue weighted by Crippen LogP contribution is -2.17. The van der Waals surface area contributed by atoms with Gasteiger partial charge in [0.2, 0.25) is 5.28 Å². The molecule has 0 aromatic carbocycles. The summed E-state index contributed by atoms with van der Waals surface area (Å²) in [6.45, 7) is 3.69. The minimum Gasteiger partial charge on any atom is -0.382 e. The van der Waals surface area contributed by atoms with E-state index in [0.29, 0.717) is 0 Å². The van der Waals surface area contributed by atoms with Crippen LogP contribution < -0.4 is 11.1 Å². The highest BCUT2D eigenvalue weighted by Gasteiger charge is 2.21. The topological polar surface area (TPSA) is 98.0 Å². The van der Waals surface area contributed by atoms with E-state index in [4.69, 9.17) is 17.3 Å². The molecule has 0 atom stereocenters. The van der Waals surface area contributed by atoms with Crippen molar-refractivity contribution < 1.29 is 8.42 Å². The Balaban J connectivity index is 3.45. The number of hydrogen-bond donors (Lipinski definition) is 2. The van der Waals surface area contributed by atoms with Crippen molar-refractivity contribution in [3.8, 4) is 0 Å². The van der Waals surface area contributed by atoms with Crippen molar-refractivity contribution in [2.24, 2.45) is 0 Å². The average molecular weight is 265 g/mol. The third-order valence-electron chi connectivity index (χ3n) is 1.66. The van der Waals surface area contributed by atoms with E-state index in [1.165, 1.54) is 0 Å². The summed E-state index contributed by atoms with van der Waals surface area (Å²) in [5, 5.41) is 2.78. The second-order valence-electron chi connectivity index (χ2n) is 3.63. The van der Waals surface area contributed by atoms with Crippen LogP contribution in [0.4, 0.5) is 11.6 Å². The molecule has 1 aromatic rings. The number of nitrogen functional groups attached to an aromatic ring is 1. The van der Waals surface area contributed by atoms with Crippen molar-refractivity contribution >= 4 is 33.1 Å². The first kappa shape index (κ1) is 13.0. The summed E-state index contributed by atoms with van der Waals surface area (Å²) >= 11 is 5.62. The summed E-state index contributed by atoms with van der Waals surface area (Å²) in [7, 11) is -3.50. The van der Waals surface area contributed by atoms with Gasteiger partial charge in [-0.2, -0.15) is 9.97 Å². The van der Waals surface area contributed by atoms with E-state index in [9.17, 15) is 8.42 Å². The summed E-state index contributed by atoms with van der Waals surface area (Å²) in [4.78, 5) is 7.33. The Kier molecular flexibility index (Phi) is 3.59. The third kappa shape index (κ3) is 2.96. The number of hydrogen-bond acceptors (Lipinski definition) is 6. The van der Waals surface area contributed by atoms with Crippen molar-refractivity contribution in [1.82, 2.24) is 9.97 Å². The van der Waals surface area contributed by atoms with Gasteiger partial charge in [0.15, 0.2) is 20.6 Å². The highest BCUT2D eigenvalue weighted by Crippen LogP contribution is 2.26. The fourth-order valence-electron chi connectivity index (χ4n) is 1.18. The van der Waals surface area contributed by atoms with Crippen LogP contribution in [0.5, 0.6) is 0 Å². The molecular formula is C8H13ClN4O2S. The molecule has 6 nitrogen and oxygen atoms in total. The molecule has 0 unspecified atom stereocenters. The molecular weight excluding hydrogens is 252 g/mol. The van der Waals surface area contributed by atoms with Crippen molar-refractivity contribution in [2.75, 3.05) is 17.3 Å². The van der Waals surface area contributed by atoms with Crippen LogP contribution in [-0.4, -0.2) is 30.7 Å². The van der Waals surface area contributed by atoms with Crippen LogP contribution in [0.15, 0.2) is 4.90 Å². The van der Waals surface area contributed by atoms with Crippen LogP contribution in [0.3, 0.4) is 0 Å². The van der Waals surface area contributed by atoms with Crippen molar-refractivity contribution in [2.45, 2.75) is 24.8 Å². The van der Waals surface area contributed by atoms with Gasteiger partial charge in [-0.25, -0.2) is 8.42 Å². The molecule has 0 spiro atoms. The molecule has 0 saturated heterocycles. The van der Waals surface area contributed by atoms with Crippen molar-refractivity contribution in [1.29, 1.82) is 0 Å². The fourth-order valence-corrected chi connectivity index (χ4v) is 2.23. The number of halogens is 1. The maximum atomic E-state index is 11.5. The summed E-state index contributed by atoms with van der Waals surface area (Å²) < 4.78 is 23.0. The molecule has 0 saturated carbocycles. The third-order valence-corrected chi connectivity index (χ3v) is 2.97. The maximum Gasteiger partial charge on any atom is 0.226 e. The first-order valence-electron chi connectivity index (χ1n) is 4.51. The van der Waals surface area contributed by atoms with E-state index in [0.717, 1.165) is 6.26 Å². The zero-order chi connectivity index (χ0) is 12.5. The lowest BCUT2D eigenvalue weighted by molar-refractivity contribution is 0.601. The van der Waals surface area contributed by atoms with E-state index in [-0.39, 0.29) is 27.9 Å². The molecule has 0 fully saturated rings.